The molecule has 2 unspecified atom stereocenters. The van der Waals surface area contributed by atoms with Gasteiger partial charge in [0.25, 0.3) is 0 Å². The van der Waals surface area contributed by atoms with Gasteiger partial charge in [-0.05, 0) is 88.9 Å². The van der Waals surface area contributed by atoms with Crippen LogP contribution in [0, 0.1) is 20.8 Å². The van der Waals surface area contributed by atoms with Gasteiger partial charge in [0.1, 0.15) is 0 Å². The number of halogens is 1. The first-order chi connectivity index (χ1) is 15.0. The van der Waals surface area contributed by atoms with Crippen molar-refractivity contribution in [3.8, 4) is 0 Å². The monoisotopic (exact) mass is 464 g/mol. The maximum atomic E-state index is 3.95. The van der Waals surface area contributed by atoms with Crippen molar-refractivity contribution >= 4 is 15.9 Å². The predicted molar refractivity (Wildman–Crippen MR) is 132 cm³/mol. The fourth-order valence-electron chi connectivity index (χ4n) is 6.35. The van der Waals surface area contributed by atoms with Crippen LogP contribution in [0.25, 0.3) is 0 Å². The lowest BCUT2D eigenvalue weighted by molar-refractivity contribution is 0.533. The van der Waals surface area contributed by atoms with Crippen molar-refractivity contribution in [2.24, 2.45) is 0 Å². The fourth-order valence-corrected chi connectivity index (χ4v) is 6.95. The Morgan fingerprint density at radius 3 is 2.23 bits per heavy atom. The molecule has 3 aliphatic carbocycles. The van der Waals surface area contributed by atoms with Gasteiger partial charge in [-0.3, -0.25) is 0 Å². The fraction of sp³-hybridized carbons (Fsp3) is 0.200. The summed E-state index contributed by atoms with van der Waals surface area (Å²) in [5, 5.41) is 0. The van der Waals surface area contributed by atoms with E-state index in [-0.39, 0.29) is 11.3 Å². The number of aryl methyl sites for hydroxylation is 3. The number of hydrogen-bond acceptors (Lipinski definition) is 0. The summed E-state index contributed by atoms with van der Waals surface area (Å²) in [5.41, 5.74) is 14.3. The largest absolute Gasteiger partial charge is 0.0620 e. The van der Waals surface area contributed by atoms with E-state index in [1.807, 2.05) is 0 Å². The van der Waals surface area contributed by atoms with E-state index in [2.05, 4.69) is 116 Å². The lowest BCUT2D eigenvalue weighted by atomic mass is 9.50. The summed E-state index contributed by atoms with van der Waals surface area (Å²) < 4.78 is 1.23. The SMILES string of the molecule is Cc1ccccc1CC12c3ccccc3C(c3c(Br)cccc31)c1c(C)ccc(C)c12. The summed E-state index contributed by atoms with van der Waals surface area (Å²) in [6.07, 6.45) is 0.976. The maximum Gasteiger partial charge on any atom is 0.0503 e. The molecule has 1 heteroatoms. The molecule has 0 amide bonds. The van der Waals surface area contributed by atoms with Gasteiger partial charge in [-0.25, -0.2) is 0 Å². The molecule has 2 atom stereocenters. The van der Waals surface area contributed by atoms with E-state index in [0.29, 0.717) is 0 Å². The Labute approximate surface area is 193 Å². The maximum absolute atomic E-state index is 3.95. The van der Waals surface area contributed by atoms with Crippen molar-refractivity contribution in [3.63, 3.8) is 0 Å². The van der Waals surface area contributed by atoms with Crippen LogP contribution in [0.1, 0.15) is 61.6 Å². The lowest BCUT2D eigenvalue weighted by Gasteiger charge is -2.52. The van der Waals surface area contributed by atoms with Crippen LogP contribution in [0.2, 0.25) is 0 Å². The van der Waals surface area contributed by atoms with E-state index >= 15 is 0 Å². The minimum Gasteiger partial charge on any atom is -0.0620 e. The predicted octanol–water partition coefficient (Wildman–Crippen LogP) is 7.76. The van der Waals surface area contributed by atoms with Crippen LogP contribution in [-0.4, -0.2) is 0 Å². The second-order valence-electron chi connectivity index (χ2n) is 9.22. The van der Waals surface area contributed by atoms with Crippen molar-refractivity contribution in [1.29, 1.82) is 0 Å². The average Bonchev–Trinajstić information content (AvgIpc) is 2.78. The summed E-state index contributed by atoms with van der Waals surface area (Å²) in [6.45, 7) is 6.84. The molecule has 4 aromatic rings. The molecular formula is C30H25Br. The van der Waals surface area contributed by atoms with E-state index in [1.165, 1.54) is 60.1 Å². The van der Waals surface area contributed by atoms with Gasteiger partial charge in [0, 0.05) is 10.4 Å². The highest BCUT2D eigenvalue weighted by Gasteiger charge is 2.53. The third kappa shape index (κ3) is 2.41. The topological polar surface area (TPSA) is 0 Å². The first kappa shape index (κ1) is 19.1. The molecule has 0 nitrogen and oxygen atoms in total. The van der Waals surface area contributed by atoms with Crippen molar-refractivity contribution in [1.82, 2.24) is 0 Å². The third-order valence-corrected chi connectivity index (χ3v) is 8.33. The summed E-state index contributed by atoms with van der Waals surface area (Å²) in [4.78, 5) is 0. The molecule has 0 spiro atoms. The van der Waals surface area contributed by atoms with Crippen LogP contribution < -0.4 is 0 Å². The summed E-state index contributed by atoms with van der Waals surface area (Å²) in [7, 11) is 0. The molecule has 7 rings (SSSR count). The standard InChI is InChI=1S/C30H25Br/c1-18-9-4-5-10-21(18)17-30-23-12-7-6-11-22(23)27(28-24(30)13-8-14-25(28)31)26-19(2)15-16-20(3)29(26)30/h4-16,27H,17H2,1-3H3. The normalized spacial score (nSPS) is 20.2. The Kier molecular flexibility index (Phi) is 4.11. The molecule has 3 aliphatic rings. The highest BCUT2D eigenvalue weighted by molar-refractivity contribution is 9.10. The molecule has 0 saturated heterocycles. The third-order valence-electron chi connectivity index (χ3n) is 7.64. The molecule has 31 heavy (non-hydrogen) atoms. The Morgan fingerprint density at radius 2 is 1.39 bits per heavy atom. The van der Waals surface area contributed by atoms with E-state index in [9.17, 15) is 0 Å². The molecule has 4 aromatic carbocycles. The van der Waals surface area contributed by atoms with Crippen molar-refractivity contribution in [2.75, 3.05) is 0 Å². The number of rotatable bonds is 2. The zero-order valence-electron chi connectivity index (χ0n) is 18.2. The molecule has 2 bridgehead atoms. The highest BCUT2D eigenvalue weighted by atomic mass is 79.9. The van der Waals surface area contributed by atoms with Gasteiger partial charge < -0.3 is 0 Å². The zero-order valence-corrected chi connectivity index (χ0v) is 19.8. The van der Waals surface area contributed by atoms with Crippen LogP contribution in [0.15, 0.2) is 83.3 Å². The van der Waals surface area contributed by atoms with E-state index < -0.39 is 0 Å². The molecule has 0 aromatic heterocycles. The van der Waals surface area contributed by atoms with Crippen molar-refractivity contribution in [3.05, 3.63) is 139 Å². The number of benzene rings is 4. The zero-order chi connectivity index (χ0) is 21.3. The minimum absolute atomic E-state index is 0.179. The second-order valence-corrected chi connectivity index (χ2v) is 10.1. The van der Waals surface area contributed by atoms with E-state index in [0.717, 1.165) is 6.42 Å². The highest BCUT2D eigenvalue weighted by Crippen LogP contribution is 2.62. The van der Waals surface area contributed by atoms with Crippen LogP contribution in [0.5, 0.6) is 0 Å². The van der Waals surface area contributed by atoms with Gasteiger partial charge in [-0.15, -0.1) is 0 Å². The number of hydrogen-bond donors (Lipinski definition) is 0. The van der Waals surface area contributed by atoms with Crippen LogP contribution in [0.3, 0.4) is 0 Å². The average molecular weight is 465 g/mol. The Bertz CT molecular complexity index is 1360. The van der Waals surface area contributed by atoms with Gasteiger partial charge in [0.2, 0.25) is 0 Å². The first-order valence-corrected chi connectivity index (χ1v) is 11.9. The lowest BCUT2D eigenvalue weighted by Crippen LogP contribution is -2.45. The molecule has 0 fully saturated rings. The van der Waals surface area contributed by atoms with Crippen molar-refractivity contribution in [2.45, 2.75) is 38.5 Å². The summed E-state index contributed by atoms with van der Waals surface area (Å²) in [6, 6.07) is 29.5. The summed E-state index contributed by atoms with van der Waals surface area (Å²) in [5.74, 6) is 0.287. The summed E-state index contributed by atoms with van der Waals surface area (Å²) >= 11 is 3.95. The quantitative estimate of drug-likeness (QED) is 0.284. The Hall–Kier alpha value is -2.64. The van der Waals surface area contributed by atoms with Gasteiger partial charge in [0.05, 0.1) is 5.41 Å². The van der Waals surface area contributed by atoms with Crippen LogP contribution >= 0.6 is 15.9 Å². The van der Waals surface area contributed by atoms with Crippen molar-refractivity contribution < 1.29 is 0 Å². The molecule has 0 heterocycles. The van der Waals surface area contributed by atoms with E-state index in [4.69, 9.17) is 0 Å². The van der Waals surface area contributed by atoms with Gasteiger partial charge in [-0.1, -0.05) is 88.7 Å². The van der Waals surface area contributed by atoms with Crippen LogP contribution in [0.4, 0.5) is 0 Å². The molecule has 152 valence electrons. The second kappa shape index (κ2) is 6.68. The molecule has 0 saturated carbocycles. The smallest absolute Gasteiger partial charge is 0.0503 e. The molecule has 0 N–H and O–H groups in total. The van der Waals surface area contributed by atoms with E-state index in [1.54, 1.807) is 0 Å². The Morgan fingerprint density at radius 1 is 0.677 bits per heavy atom. The minimum atomic E-state index is -0.179. The molecule has 0 radical (unpaired) electrons. The first-order valence-electron chi connectivity index (χ1n) is 11.1. The van der Waals surface area contributed by atoms with Gasteiger partial charge >= 0.3 is 0 Å². The van der Waals surface area contributed by atoms with Gasteiger partial charge in [0.15, 0.2) is 0 Å². The van der Waals surface area contributed by atoms with Crippen LogP contribution in [-0.2, 0) is 11.8 Å². The molecule has 0 aliphatic heterocycles. The van der Waals surface area contributed by atoms with Gasteiger partial charge in [-0.2, -0.15) is 0 Å². The molecular weight excluding hydrogens is 440 g/mol. The Balaban J connectivity index is 1.81.